The monoisotopic (exact) mass is 356 g/mol. The van der Waals surface area contributed by atoms with Crippen LogP contribution in [0.2, 0.25) is 0 Å². The van der Waals surface area contributed by atoms with Gasteiger partial charge in [0, 0.05) is 26.3 Å². The van der Waals surface area contributed by atoms with Gasteiger partial charge in [-0.05, 0) is 31.9 Å². The van der Waals surface area contributed by atoms with Crippen LogP contribution in [0.4, 0.5) is 5.69 Å². The van der Waals surface area contributed by atoms with Gasteiger partial charge in [-0.3, -0.25) is 4.72 Å². The highest BCUT2D eigenvalue weighted by molar-refractivity contribution is 7.92. The van der Waals surface area contributed by atoms with E-state index < -0.39 is 10.0 Å². The summed E-state index contributed by atoms with van der Waals surface area (Å²) in [6, 6.07) is 7.24. The van der Waals surface area contributed by atoms with Gasteiger partial charge in [0.15, 0.2) is 5.96 Å². The van der Waals surface area contributed by atoms with Crippen molar-refractivity contribution in [3.63, 3.8) is 0 Å². The van der Waals surface area contributed by atoms with Crippen LogP contribution in [0.25, 0.3) is 0 Å². The van der Waals surface area contributed by atoms with E-state index in [1.54, 1.807) is 12.1 Å². The minimum Gasteiger partial charge on any atom is -0.382 e. The lowest BCUT2D eigenvalue weighted by atomic mass is 10.2. The highest BCUT2D eigenvalue weighted by Crippen LogP contribution is 2.17. The van der Waals surface area contributed by atoms with Gasteiger partial charge in [0.1, 0.15) is 0 Å². The SMILES string of the molecule is CCNC(=NCc1ccccc1NS(C)(=O)=O)NCCCOCC. The second kappa shape index (κ2) is 10.9. The van der Waals surface area contributed by atoms with E-state index in [-0.39, 0.29) is 0 Å². The van der Waals surface area contributed by atoms with Crippen LogP contribution in [0.5, 0.6) is 0 Å². The van der Waals surface area contributed by atoms with Gasteiger partial charge in [-0.2, -0.15) is 0 Å². The molecular weight excluding hydrogens is 328 g/mol. The number of para-hydroxylation sites is 1. The molecule has 0 aliphatic rings. The van der Waals surface area contributed by atoms with E-state index in [4.69, 9.17) is 4.74 Å². The summed E-state index contributed by atoms with van der Waals surface area (Å²) in [6.45, 7) is 7.29. The number of sulfonamides is 1. The van der Waals surface area contributed by atoms with Crippen molar-refractivity contribution >= 4 is 21.7 Å². The second-order valence-electron chi connectivity index (χ2n) is 5.20. The molecule has 0 aromatic heterocycles. The smallest absolute Gasteiger partial charge is 0.229 e. The molecule has 1 aromatic rings. The fourth-order valence-corrected chi connectivity index (χ4v) is 2.59. The van der Waals surface area contributed by atoms with Crippen molar-refractivity contribution in [2.75, 3.05) is 37.3 Å². The van der Waals surface area contributed by atoms with E-state index in [1.165, 1.54) is 0 Å². The molecule has 0 aliphatic carbocycles. The van der Waals surface area contributed by atoms with Crippen molar-refractivity contribution in [1.82, 2.24) is 10.6 Å². The Morgan fingerprint density at radius 2 is 1.96 bits per heavy atom. The van der Waals surface area contributed by atoms with Gasteiger partial charge in [0.25, 0.3) is 0 Å². The maximum atomic E-state index is 11.4. The van der Waals surface area contributed by atoms with E-state index in [2.05, 4.69) is 20.3 Å². The summed E-state index contributed by atoms with van der Waals surface area (Å²) >= 11 is 0. The highest BCUT2D eigenvalue weighted by Gasteiger charge is 2.07. The van der Waals surface area contributed by atoms with Crippen LogP contribution < -0.4 is 15.4 Å². The van der Waals surface area contributed by atoms with Gasteiger partial charge in [0.2, 0.25) is 10.0 Å². The van der Waals surface area contributed by atoms with E-state index in [0.29, 0.717) is 24.8 Å². The van der Waals surface area contributed by atoms with Crippen LogP contribution in [0.1, 0.15) is 25.8 Å². The Labute approximate surface area is 145 Å². The van der Waals surface area contributed by atoms with Gasteiger partial charge in [-0.1, -0.05) is 18.2 Å². The van der Waals surface area contributed by atoms with Gasteiger partial charge < -0.3 is 15.4 Å². The highest BCUT2D eigenvalue weighted by atomic mass is 32.2. The largest absolute Gasteiger partial charge is 0.382 e. The Hall–Kier alpha value is -1.80. The first-order valence-electron chi connectivity index (χ1n) is 8.12. The predicted octanol–water partition coefficient (Wildman–Crippen LogP) is 1.54. The van der Waals surface area contributed by atoms with Crippen molar-refractivity contribution < 1.29 is 13.2 Å². The minimum absolute atomic E-state index is 0.374. The zero-order valence-electron chi connectivity index (χ0n) is 14.6. The number of guanidine groups is 1. The van der Waals surface area contributed by atoms with E-state index in [1.807, 2.05) is 26.0 Å². The second-order valence-corrected chi connectivity index (χ2v) is 6.95. The molecule has 1 aromatic carbocycles. The van der Waals surface area contributed by atoms with Crippen LogP contribution in [0.3, 0.4) is 0 Å². The number of rotatable bonds is 10. The van der Waals surface area contributed by atoms with Crippen molar-refractivity contribution in [2.45, 2.75) is 26.8 Å². The fourth-order valence-electron chi connectivity index (χ4n) is 1.99. The molecule has 0 saturated carbocycles. The standard InChI is InChI=1S/C16H28N4O3S/c1-4-17-16(18-11-8-12-23-5-2)19-13-14-9-6-7-10-15(14)20-24(3,21)22/h6-7,9-10,20H,4-5,8,11-13H2,1-3H3,(H2,17,18,19). The average Bonchev–Trinajstić information content (AvgIpc) is 2.52. The minimum atomic E-state index is -3.32. The van der Waals surface area contributed by atoms with Crippen LogP contribution in [0.15, 0.2) is 29.3 Å². The molecule has 3 N–H and O–H groups in total. The number of aliphatic imine (C=N–C) groups is 1. The molecule has 1 rings (SSSR count). The summed E-state index contributed by atoms with van der Waals surface area (Å²) in [5.74, 6) is 0.697. The predicted molar refractivity (Wildman–Crippen MR) is 98.8 cm³/mol. The molecule has 136 valence electrons. The van der Waals surface area contributed by atoms with Crippen molar-refractivity contribution in [2.24, 2.45) is 4.99 Å². The lowest BCUT2D eigenvalue weighted by Crippen LogP contribution is -2.38. The molecule has 0 saturated heterocycles. The van der Waals surface area contributed by atoms with Crippen molar-refractivity contribution in [3.05, 3.63) is 29.8 Å². The maximum absolute atomic E-state index is 11.4. The number of nitrogens with one attached hydrogen (secondary N) is 3. The normalized spacial score (nSPS) is 12.0. The van der Waals surface area contributed by atoms with Gasteiger partial charge in [-0.25, -0.2) is 13.4 Å². The Kier molecular flexibility index (Phi) is 9.18. The number of hydrogen-bond acceptors (Lipinski definition) is 4. The summed E-state index contributed by atoms with van der Waals surface area (Å²) < 4.78 is 30.7. The van der Waals surface area contributed by atoms with Crippen LogP contribution in [0, 0.1) is 0 Å². The molecule has 0 bridgehead atoms. The number of hydrogen-bond donors (Lipinski definition) is 3. The average molecular weight is 356 g/mol. The van der Waals surface area contributed by atoms with E-state index in [9.17, 15) is 8.42 Å². The topological polar surface area (TPSA) is 91.8 Å². The fraction of sp³-hybridized carbons (Fsp3) is 0.562. The van der Waals surface area contributed by atoms with Crippen LogP contribution >= 0.6 is 0 Å². The number of benzene rings is 1. The third-order valence-corrected chi connectivity index (χ3v) is 3.62. The first-order valence-corrected chi connectivity index (χ1v) is 10.0. The van der Waals surface area contributed by atoms with Gasteiger partial charge in [0.05, 0.1) is 18.5 Å². The number of anilines is 1. The zero-order valence-corrected chi connectivity index (χ0v) is 15.4. The Morgan fingerprint density at radius 3 is 2.62 bits per heavy atom. The number of ether oxygens (including phenoxy) is 1. The Balaban J connectivity index is 2.68. The molecule has 0 aliphatic heterocycles. The maximum Gasteiger partial charge on any atom is 0.229 e. The molecule has 7 nitrogen and oxygen atoms in total. The third kappa shape index (κ3) is 8.73. The van der Waals surface area contributed by atoms with Crippen molar-refractivity contribution in [3.8, 4) is 0 Å². The van der Waals surface area contributed by atoms with Crippen molar-refractivity contribution in [1.29, 1.82) is 0 Å². The summed E-state index contributed by atoms with van der Waals surface area (Å²) in [4.78, 5) is 4.51. The quantitative estimate of drug-likeness (QED) is 0.336. The Bertz CT molecular complexity index is 618. The Morgan fingerprint density at radius 1 is 1.21 bits per heavy atom. The van der Waals surface area contributed by atoms with E-state index in [0.717, 1.165) is 37.9 Å². The lowest BCUT2D eigenvalue weighted by molar-refractivity contribution is 0.145. The molecule has 0 atom stereocenters. The summed E-state index contributed by atoms with van der Waals surface area (Å²) in [5, 5.41) is 6.41. The molecule has 0 radical (unpaired) electrons. The zero-order chi connectivity index (χ0) is 17.8. The first-order chi connectivity index (χ1) is 11.5. The first kappa shape index (κ1) is 20.2. The molecule has 0 unspecified atom stereocenters. The third-order valence-electron chi connectivity index (χ3n) is 3.03. The summed E-state index contributed by atoms with van der Waals surface area (Å²) in [7, 11) is -3.32. The summed E-state index contributed by atoms with van der Waals surface area (Å²) in [6.07, 6.45) is 2.03. The van der Waals surface area contributed by atoms with Gasteiger partial charge >= 0.3 is 0 Å². The molecule has 8 heteroatoms. The molecule has 0 spiro atoms. The molecule has 0 fully saturated rings. The molecule has 24 heavy (non-hydrogen) atoms. The van der Waals surface area contributed by atoms with Crippen LogP contribution in [-0.2, 0) is 21.3 Å². The molecule has 0 heterocycles. The lowest BCUT2D eigenvalue weighted by Gasteiger charge is -2.13. The van der Waals surface area contributed by atoms with Gasteiger partial charge in [-0.15, -0.1) is 0 Å². The molecular formula is C16H28N4O3S. The van der Waals surface area contributed by atoms with E-state index >= 15 is 0 Å². The number of nitrogens with zero attached hydrogens (tertiary/aromatic N) is 1. The summed E-state index contributed by atoms with van der Waals surface area (Å²) in [5.41, 5.74) is 1.37. The van der Waals surface area contributed by atoms with Crippen LogP contribution in [-0.4, -0.2) is 46.9 Å². The molecule has 0 amide bonds.